The molecule has 2 heterocycles. The molecule has 1 N–H and O–H groups in total. The molecule has 1 fully saturated rings. The quantitative estimate of drug-likeness (QED) is 0.536. The lowest BCUT2D eigenvalue weighted by Gasteiger charge is -2.27. The summed E-state index contributed by atoms with van der Waals surface area (Å²) in [4.78, 5) is 29.4. The van der Waals surface area contributed by atoms with Crippen molar-refractivity contribution in [2.24, 2.45) is 0 Å². The highest BCUT2D eigenvalue weighted by molar-refractivity contribution is 9.10. The Morgan fingerprint density at radius 2 is 2.14 bits per heavy atom. The Hall–Kier alpha value is -2.42. The Morgan fingerprint density at radius 3 is 2.79 bits per heavy atom. The van der Waals surface area contributed by atoms with Crippen LogP contribution in [-0.2, 0) is 4.74 Å². The van der Waals surface area contributed by atoms with E-state index in [9.17, 15) is 14.9 Å². The van der Waals surface area contributed by atoms with Gasteiger partial charge in [0.2, 0.25) is 0 Å². The van der Waals surface area contributed by atoms with Crippen molar-refractivity contribution in [3.05, 3.63) is 39.0 Å². The van der Waals surface area contributed by atoms with E-state index in [1.54, 1.807) is 11.0 Å². The molecule has 1 aromatic carbocycles. The van der Waals surface area contributed by atoms with Crippen LogP contribution in [-0.4, -0.2) is 45.1 Å². The van der Waals surface area contributed by atoms with E-state index in [0.29, 0.717) is 29.6 Å². The van der Waals surface area contributed by atoms with Crippen LogP contribution in [0.3, 0.4) is 0 Å². The van der Waals surface area contributed by atoms with Gasteiger partial charge in [0, 0.05) is 28.5 Å². The van der Waals surface area contributed by atoms with E-state index in [1.807, 2.05) is 39.8 Å². The molecule has 2 atom stereocenters. The number of nitrogens with zero attached hydrogens (tertiary/aromatic N) is 3. The number of halogens is 1. The van der Waals surface area contributed by atoms with E-state index in [1.165, 1.54) is 6.20 Å². The number of nitrogens with one attached hydrogen (secondary N) is 1. The highest BCUT2D eigenvalue weighted by atomic mass is 79.9. The number of ether oxygens (including phenoxy) is 1. The van der Waals surface area contributed by atoms with Crippen LogP contribution >= 0.6 is 15.9 Å². The average Bonchev–Trinajstić information content (AvgIpc) is 2.94. The number of carbonyl (C=O) groups excluding carboxylic acids is 1. The number of carbonyl (C=O) groups is 1. The molecule has 1 aromatic heterocycles. The first-order valence-electron chi connectivity index (χ1n) is 9.04. The zero-order valence-corrected chi connectivity index (χ0v) is 17.8. The maximum absolute atomic E-state index is 12.5. The van der Waals surface area contributed by atoms with Gasteiger partial charge in [-0.2, -0.15) is 0 Å². The SMILES string of the molecule is C[C@@H]1C[C@@H](Nc2c([N+](=O)[O-])cnc3ccc(Br)cc23)CN1C(=O)OC(C)(C)C. The second-order valence-corrected chi connectivity index (χ2v) is 8.91. The zero-order chi connectivity index (χ0) is 20.6. The predicted octanol–water partition coefficient (Wildman–Crippen LogP) is 4.72. The fourth-order valence-corrected chi connectivity index (χ4v) is 3.72. The number of hydrogen-bond acceptors (Lipinski definition) is 6. The third-order valence-corrected chi connectivity index (χ3v) is 5.05. The topological polar surface area (TPSA) is 97.6 Å². The highest BCUT2D eigenvalue weighted by Crippen LogP contribution is 2.35. The molecule has 1 amide bonds. The van der Waals surface area contributed by atoms with Crippen molar-refractivity contribution in [1.29, 1.82) is 0 Å². The van der Waals surface area contributed by atoms with Crippen LogP contribution in [0.15, 0.2) is 28.9 Å². The fraction of sp³-hybridized carbons (Fsp3) is 0.474. The number of fused-ring (bicyclic) bond motifs is 1. The van der Waals surface area contributed by atoms with Gasteiger partial charge < -0.3 is 15.0 Å². The normalized spacial score (nSPS) is 19.7. The van der Waals surface area contributed by atoms with Gasteiger partial charge in [-0.05, 0) is 52.3 Å². The standard InChI is InChI=1S/C19H23BrN4O4/c1-11-7-13(10-23(11)18(25)28-19(2,3)4)22-17-14-8-12(20)5-6-15(14)21-9-16(17)24(26)27/h5-6,8-9,11,13H,7,10H2,1-4H3,(H,21,22)/t11-,13-/m1/s1. The van der Waals surface area contributed by atoms with Crippen LogP contribution in [0.5, 0.6) is 0 Å². The Balaban J connectivity index is 1.88. The second-order valence-electron chi connectivity index (χ2n) is 8.00. The van der Waals surface area contributed by atoms with Gasteiger partial charge in [-0.1, -0.05) is 15.9 Å². The summed E-state index contributed by atoms with van der Waals surface area (Å²) < 4.78 is 6.28. The summed E-state index contributed by atoms with van der Waals surface area (Å²) in [5.74, 6) is 0. The van der Waals surface area contributed by atoms with E-state index >= 15 is 0 Å². The predicted molar refractivity (Wildman–Crippen MR) is 111 cm³/mol. The molecular formula is C19H23BrN4O4. The summed E-state index contributed by atoms with van der Waals surface area (Å²) >= 11 is 3.41. The lowest BCUT2D eigenvalue weighted by atomic mass is 10.1. The molecule has 1 aliphatic rings. The lowest BCUT2D eigenvalue weighted by molar-refractivity contribution is -0.384. The van der Waals surface area contributed by atoms with Crippen molar-refractivity contribution < 1.29 is 14.5 Å². The van der Waals surface area contributed by atoms with E-state index in [4.69, 9.17) is 4.74 Å². The molecule has 9 heteroatoms. The van der Waals surface area contributed by atoms with Crippen molar-refractivity contribution >= 4 is 44.3 Å². The van der Waals surface area contributed by atoms with Crippen molar-refractivity contribution in [1.82, 2.24) is 9.88 Å². The van der Waals surface area contributed by atoms with Gasteiger partial charge >= 0.3 is 11.8 Å². The molecule has 1 saturated heterocycles. The van der Waals surface area contributed by atoms with Gasteiger partial charge in [0.1, 0.15) is 17.5 Å². The molecule has 3 rings (SSSR count). The van der Waals surface area contributed by atoms with Gasteiger partial charge in [-0.3, -0.25) is 10.1 Å². The first kappa shape index (κ1) is 20.3. The minimum atomic E-state index is -0.575. The summed E-state index contributed by atoms with van der Waals surface area (Å²) in [5, 5.41) is 15.5. The summed E-state index contributed by atoms with van der Waals surface area (Å²) in [6, 6.07) is 5.28. The zero-order valence-electron chi connectivity index (χ0n) is 16.2. The molecule has 0 radical (unpaired) electrons. The minimum Gasteiger partial charge on any atom is -0.444 e. The van der Waals surface area contributed by atoms with Gasteiger partial charge in [0.25, 0.3) is 0 Å². The van der Waals surface area contributed by atoms with Crippen LogP contribution < -0.4 is 5.32 Å². The first-order chi connectivity index (χ1) is 13.0. The minimum absolute atomic E-state index is 0.0359. The second kappa shape index (κ2) is 7.54. The lowest BCUT2D eigenvalue weighted by Crippen LogP contribution is -2.39. The molecule has 0 spiro atoms. The molecule has 8 nitrogen and oxygen atoms in total. The van der Waals surface area contributed by atoms with Gasteiger partial charge in [-0.25, -0.2) is 9.78 Å². The fourth-order valence-electron chi connectivity index (χ4n) is 3.36. The maximum Gasteiger partial charge on any atom is 0.410 e. The third kappa shape index (κ3) is 4.35. The number of amides is 1. The van der Waals surface area contributed by atoms with Crippen molar-refractivity contribution in [2.45, 2.75) is 51.8 Å². The van der Waals surface area contributed by atoms with Crippen LogP contribution in [0.25, 0.3) is 10.9 Å². The van der Waals surface area contributed by atoms with E-state index in [2.05, 4.69) is 26.2 Å². The molecule has 28 heavy (non-hydrogen) atoms. The Bertz CT molecular complexity index is 928. The summed E-state index contributed by atoms with van der Waals surface area (Å²) in [6.07, 6.45) is 1.55. The molecule has 150 valence electrons. The number of pyridine rings is 1. The summed E-state index contributed by atoms with van der Waals surface area (Å²) in [5.41, 5.74) is 0.411. The van der Waals surface area contributed by atoms with Gasteiger partial charge in [0.05, 0.1) is 10.4 Å². The number of aromatic nitrogens is 1. The number of benzene rings is 1. The van der Waals surface area contributed by atoms with Crippen LogP contribution in [0.2, 0.25) is 0 Å². The van der Waals surface area contributed by atoms with E-state index in [0.717, 1.165) is 4.47 Å². The highest BCUT2D eigenvalue weighted by Gasteiger charge is 2.36. The maximum atomic E-state index is 12.5. The smallest absolute Gasteiger partial charge is 0.410 e. The van der Waals surface area contributed by atoms with Gasteiger partial charge in [-0.15, -0.1) is 0 Å². The molecular weight excluding hydrogens is 428 g/mol. The van der Waals surface area contributed by atoms with Crippen LogP contribution in [0.4, 0.5) is 16.2 Å². The number of hydrogen-bond donors (Lipinski definition) is 1. The summed E-state index contributed by atoms with van der Waals surface area (Å²) in [6.45, 7) is 7.83. The Labute approximate surface area is 171 Å². The van der Waals surface area contributed by atoms with Crippen LogP contribution in [0, 0.1) is 10.1 Å². The third-order valence-electron chi connectivity index (χ3n) is 4.56. The number of anilines is 1. The molecule has 2 aromatic rings. The van der Waals surface area contributed by atoms with Gasteiger partial charge in [0.15, 0.2) is 0 Å². The van der Waals surface area contributed by atoms with E-state index in [-0.39, 0.29) is 23.9 Å². The molecule has 0 bridgehead atoms. The monoisotopic (exact) mass is 450 g/mol. The molecule has 1 aliphatic heterocycles. The summed E-state index contributed by atoms with van der Waals surface area (Å²) in [7, 11) is 0. The Kier molecular flexibility index (Phi) is 5.47. The number of rotatable bonds is 3. The van der Waals surface area contributed by atoms with Crippen molar-refractivity contribution in [3.63, 3.8) is 0 Å². The van der Waals surface area contributed by atoms with Crippen LogP contribution in [0.1, 0.15) is 34.1 Å². The van der Waals surface area contributed by atoms with E-state index < -0.39 is 10.5 Å². The van der Waals surface area contributed by atoms with Crippen molar-refractivity contribution in [3.8, 4) is 0 Å². The average molecular weight is 451 g/mol. The number of likely N-dealkylation sites (tertiary alicyclic amines) is 1. The molecule has 0 unspecified atom stereocenters. The van der Waals surface area contributed by atoms with Crippen molar-refractivity contribution in [2.75, 3.05) is 11.9 Å². The molecule has 0 aliphatic carbocycles. The molecule has 0 saturated carbocycles. The number of nitro groups is 1. The Morgan fingerprint density at radius 1 is 1.43 bits per heavy atom. The largest absolute Gasteiger partial charge is 0.444 e. The first-order valence-corrected chi connectivity index (χ1v) is 9.83.